The first kappa shape index (κ1) is 22.2. The molecule has 0 radical (unpaired) electrons. The Balaban J connectivity index is 1.85. The highest BCUT2D eigenvalue weighted by Gasteiger charge is 2.25. The van der Waals surface area contributed by atoms with E-state index in [1.807, 2.05) is 13.8 Å². The summed E-state index contributed by atoms with van der Waals surface area (Å²) in [5.74, 6) is 2.13. The molecule has 1 aliphatic rings. The molecular formula is C18H29Cl2N5OS. The number of nitrogens with zero attached hydrogens (tertiary/aromatic N) is 2. The molecule has 0 aromatic carbocycles. The smallest absolute Gasteiger partial charge is 0.191 e. The monoisotopic (exact) mass is 433 g/mol. The fraction of sp³-hybridized carbons (Fsp3) is 0.667. The molecule has 0 amide bonds. The van der Waals surface area contributed by atoms with Crippen LogP contribution in [0, 0.1) is 0 Å². The number of guanidine groups is 1. The van der Waals surface area contributed by atoms with E-state index in [1.165, 1.54) is 0 Å². The fourth-order valence-corrected chi connectivity index (χ4v) is 4.95. The lowest BCUT2D eigenvalue weighted by Gasteiger charge is -2.30. The zero-order valence-electron chi connectivity index (χ0n) is 15.9. The lowest BCUT2D eigenvalue weighted by molar-refractivity contribution is 0.413. The van der Waals surface area contributed by atoms with Crippen LogP contribution in [0.1, 0.15) is 39.5 Å². The molecule has 27 heavy (non-hydrogen) atoms. The van der Waals surface area contributed by atoms with E-state index >= 15 is 0 Å². The maximum Gasteiger partial charge on any atom is 0.191 e. The van der Waals surface area contributed by atoms with E-state index in [9.17, 15) is 4.21 Å². The summed E-state index contributed by atoms with van der Waals surface area (Å²) in [6, 6.07) is 1.98. The van der Waals surface area contributed by atoms with Crippen LogP contribution in [0.25, 0.3) is 0 Å². The van der Waals surface area contributed by atoms with Crippen LogP contribution in [0.15, 0.2) is 17.3 Å². The largest absolute Gasteiger partial charge is 0.367 e. The van der Waals surface area contributed by atoms with Gasteiger partial charge in [-0.1, -0.05) is 36.5 Å². The van der Waals surface area contributed by atoms with Crippen molar-refractivity contribution in [2.45, 2.75) is 50.8 Å². The van der Waals surface area contributed by atoms with Crippen molar-refractivity contribution in [3.63, 3.8) is 0 Å². The van der Waals surface area contributed by atoms with E-state index < -0.39 is 10.8 Å². The van der Waals surface area contributed by atoms with Gasteiger partial charge in [0.15, 0.2) is 5.96 Å². The minimum Gasteiger partial charge on any atom is -0.367 e. The summed E-state index contributed by atoms with van der Waals surface area (Å²) >= 11 is 12.0. The van der Waals surface area contributed by atoms with Crippen LogP contribution >= 0.6 is 23.2 Å². The average molecular weight is 434 g/mol. The second-order valence-corrected chi connectivity index (χ2v) is 9.32. The predicted molar refractivity (Wildman–Crippen MR) is 117 cm³/mol. The Labute approximate surface area is 174 Å². The highest BCUT2D eigenvalue weighted by atomic mass is 35.5. The van der Waals surface area contributed by atoms with Gasteiger partial charge in [-0.05, 0) is 32.3 Å². The highest BCUT2D eigenvalue weighted by molar-refractivity contribution is 7.85. The van der Waals surface area contributed by atoms with Crippen LogP contribution in [0.2, 0.25) is 10.0 Å². The van der Waals surface area contributed by atoms with Gasteiger partial charge in [0.25, 0.3) is 0 Å². The zero-order chi connectivity index (χ0) is 19.6. The number of hydrogen-bond donors (Lipinski definition) is 3. The van der Waals surface area contributed by atoms with Crippen molar-refractivity contribution >= 4 is 45.8 Å². The number of aromatic nitrogens is 1. The van der Waals surface area contributed by atoms with Gasteiger partial charge in [0.05, 0.1) is 16.6 Å². The summed E-state index contributed by atoms with van der Waals surface area (Å²) in [6.07, 6.45) is 5.75. The van der Waals surface area contributed by atoms with Crippen LogP contribution in [-0.4, -0.2) is 51.8 Å². The number of halogens is 2. The second kappa shape index (κ2) is 11.7. The first-order valence-electron chi connectivity index (χ1n) is 9.50. The van der Waals surface area contributed by atoms with Crippen LogP contribution in [0.4, 0.5) is 5.82 Å². The molecule has 3 atom stereocenters. The zero-order valence-corrected chi connectivity index (χ0v) is 18.3. The summed E-state index contributed by atoms with van der Waals surface area (Å²) in [6.45, 7) is 6.02. The average Bonchev–Trinajstić information content (AvgIpc) is 2.66. The van der Waals surface area contributed by atoms with Crippen molar-refractivity contribution in [1.29, 1.82) is 0 Å². The normalized spacial score (nSPS) is 21.6. The maximum atomic E-state index is 12.1. The van der Waals surface area contributed by atoms with Crippen molar-refractivity contribution in [2.75, 3.05) is 30.7 Å². The molecule has 6 nitrogen and oxygen atoms in total. The van der Waals surface area contributed by atoms with Gasteiger partial charge in [-0.25, -0.2) is 4.98 Å². The molecule has 2 rings (SSSR count). The van der Waals surface area contributed by atoms with Gasteiger partial charge in [-0.3, -0.25) is 9.20 Å². The van der Waals surface area contributed by atoms with Crippen molar-refractivity contribution in [1.82, 2.24) is 15.6 Å². The predicted octanol–water partition coefficient (Wildman–Crippen LogP) is 3.44. The van der Waals surface area contributed by atoms with Gasteiger partial charge >= 0.3 is 0 Å². The molecule has 152 valence electrons. The van der Waals surface area contributed by atoms with Gasteiger partial charge in [0.1, 0.15) is 5.82 Å². The molecule has 1 saturated carbocycles. The fourth-order valence-electron chi connectivity index (χ4n) is 3.15. The standard InChI is InChI=1S/C18H29Cl2N5OS/c1-3-21-18(25-14-6-5-7-15(11-14)27(26)4-2)23-9-8-22-17-16(20)10-13(19)12-24-17/h10,12,14-15H,3-9,11H2,1-2H3,(H,22,24)(H2,21,23,25). The number of nitrogens with one attached hydrogen (secondary N) is 3. The molecule has 1 heterocycles. The van der Waals surface area contributed by atoms with E-state index in [1.54, 1.807) is 12.3 Å². The number of pyridine rings is 1. The molecule has 3 unspecified atom stereocenters. The summed E-state index contributed by atoms with van der Waals surface area (Å²) < 4.78 is 12.1. The third kappa shape index (κ3) is 7.47. The molecule has 1 aromatic heterocycles. The summed E-state index contributed by atoms with van der Waals surface area (Å²) in [4.78, 5) is 8.79. The number of anilines is 1. The Kier molecular flexibility index (Phi) is 9.65. The Morgan fingerprint density at radius 2 is 2.19 bits per heavy atom. The van der Waals surface area contributed by atoms with E-state index in [0.717, 1.165) is 43.9 Å². The lowest BCUT2D eigenvalue weighted by atomic mass is 9.95. The molecule has 0 saturated heterocycles. The van der Waals surface area contributed by atoms with Crippen molar-refractivity contribution < 1.29 is 4.21 Å². The molecular weight excluding hydrogens is 405 g/mol. The molecule has 3 N–H and O–H groups in total. The van der Waals surface area contributed by atoms with Gasteiger partial charge in [-0.2, -0.15) is 0 Å². The van der Waals surface area contributed by atoms with E-state index in [-0.39, 0.29) is 0 Å². The van der Waals surface area contributed by atoms with Crippen LogP contribution in [0.5, 0.6) is 0 Å². The first-order valence-corrected chi connectivity index (χ1v) is 11.6. The molecule has 1 aromatic rings. The Morgan fingerprint density at radius 1 is 1.37 bits per heavy atom. The third-order valence-corrected chi connectivity index (χ3v) is 6.69. The third-order valence-electron chi connectivity index (χ3n) is 4.45. The molecule has 0 spiro atoms. The van der Waals surface area contributed by atoms with Crippen molar-refractivity contribution in [2.24, 2.45) is 4.99 Å². The minimum atomic E-state index is -0.724. The van der Waals surface area contributed by atoms with E-state index in [2.05, 4.69) is 25.9 Å². The highest BCUT2D eigenvalue weighted by Crippen LogP contribution is 2.23. The molecule has 0 bridgehead atoms. The van der Waals surface area contributed by atoms with E-state index in [0.29, 0.717) is 40.2 Å². The van der Waals surface area contributed by atoms with Gasteiger partial charge in [0, 0.05) is 47.1 Å². The summed E-state index contributed by atoms with van der Waals surface area (Å²) in [5, 5.41) is 11.2. The Hall–Kier alpha value is -1.05. The second-order valence-electron chi connectivity index (χ2n) is 6.47. The lowest BCUT2D eigenvalue weighted by Crippen LogP contribution is -2.46. The maximum absolute atomic E-state index is 12.1. The van der Waals surface area contributed by atoms with Gasteiger partial charge in [0.2, 0.25) is 0 Å². The van der Waals surface area contributed by atoms with Gasteiger partial charge < -0.3 is 16.0 Å². The van der Waals surface area contributed by atoms with Crippen LogP contribution in [0.3, 0.4) is 0 Å². The van der Waals surface area contributed by atoms with Crippen molar-refractivity contribution in [3.8, 4) is 0 Å². The number of rotatable bonds is 8. The molecule has 9 heteroatoms. The van der Waals surface area contributed by atoms with Crippen molar-refractivity contribution in [3.05, 3.63) is 22.3 Å². The summed E-state index contributed by atoms with van der Waals surface area (Å²) in [5.41, 5.74) is 0. The Bertz CT molecular complexity index is 659. The minimum absolute atomic E-state index is 0.295. The number of aliphatic imine (C=N–C) groups is 1. The molecule has 1 aliphatic carbocycles. The van der Waals surface area contributed by atoms with Crippen LogP contribution in [-0.2, 0) is 10.8 Å². The molecule has 1 fully saturated rings. The molecule has 0 aliphatic heterocycles. The quantitative estimate of drug-likeness (QED) is 0.332. The van der Waals surface area contributed by atoms with Crippen LogP contribution < -0.4 is 16.0 Å². The topological polar surface area (TPSA) is 78.4 Å². The van der Waals surface area contributed by atoms with Gasteiger partial charge in [-0.15, -0.1) is 0 Å². The first-order chi connectivity index (χ1) is 13.0. The van der Waals surface area contributed by atoms with E-state index in [4.69, 9.17) is 23.2 Å². The summed E-state index contributed by atoms with van der Waals surface area (Å²) in [7, 11) is -0.724. The Morgan fingerprint density at radius 3 is 2.89 bits per heavy atom. The number of hydrogen-bond acceptors (Lipinski definition) is 4. The SMILES string of the molecule is CCNC(=NCCNc1ncc(Cl)cc1Cl)NC1CCCC(S(=O)CC)C1.